The number of nitrogens with one attached hydrogen (secondary N) is 1. The van der Waals surface area contributed by atoms with E-state index in [-0.39, 0.29) is 26.4 Å². The summed E-state index contributed by atoms with van der Waals surface area (Å²) in [5.41, 5.74) is 0.585. The quantitative estimate of drug-likeness (QED) is 0.853. The number of halogens is 2. The zero-order valence-corrected chi connectivity index (χ0v) is 13.3. The monoisotopic (exact) mass is 343 g/mol. The van der Waals surface area contributed by atoms with E-state index in [9.17, 15) is 13.2 Å². The van der Waals surface area contributed by atoms with Crippen LogP contribution in [0.15, 0.2) is 47.4 Å². The van der Waals surface area contributed by atoms with Crippen molar-refractivity contribution in [1.29, 1.82) is 0 Å². The highest BCUT2D eigenvalue weighted by atomic mass is 35.5. The molecule has 2 aromatic rings. The highest BCUT2D eigenvalue weighted by Gasteiger charge is 2.18. The highest BCUT2D eigenvalue weighted by Crippen LogP contribution is 2.26. The van der Waals surface area contributed by atoms with E-state index in [1.165, 1.54) is 37.3 Å². The summed E-state index contributed by atoms with van der Waals surface area (Å²) in [4.78, 5) is 11.3. The first-order valence-corrected chi connectivity index (χ1v) is 8.13. The lowest BCUT2D eigenvalue weighted by Gasteiger charge is -2.10. The van der Waals surface area contributed by atoms with Crippen LogP contribution < -0.4 is 4.72 Å². The Morgan fingerprint density at radius 2 is 1.71 bits per heavy atom. The zero-order chi connectivity index (χ0) is 15.6. The molecule has 0 radical (unpaired) electrons. The molecule has 110 valence electrons. The zero-order valence-electron chi connectivity index (χ0n) is 10.9. The molecule has 4 nitrogen and oxygen atoms in total. The standard InChI is InChI=1S/C14H11Cl2NO3S/c1-9(18)11-7-6-10(8-13(11)16)17-21(19,20)14-5-3-2-4-12(14)15/h2-8,17H,1H3. The number of Topliss-reactive ketones (excluding diaryl/α,β-unsaturated/α-hetero) is 1. The number of hydrogen-bond acceptors (Lipinski definition) is 3. The van der Waals surface area contributed by atoms with E-state index in [0.29, 0.717) is 5.56 Å². The van der Waals surface area contributed by atoms with E-state index in [1.807, 2.05) is 0 Å². The second-order valence-electron chi connectivity index (χ2n) is 4.29. The van der Waals surface area contributed by atoms with Crippen LogP contribution in [0, 0.1) is 0 Å². The lowest BCUT2D eigenvalue weighted by atomic mass is 10.1. The van der Waals surface area contributed by atoms with Gasteiger partial charge in [-0.3, -0.25) is 9.52 Å². The van der Waals surface area contributed by atoms with Crippen molar-refractivity contribution in [3.63, 3.8) is 0 Å². The second-order valence-corrected chi connectivity index (χ2v) is 6.75. The molecule has 0 aliphatic carbocycles. The van der Waals surface area contributed by atoms with Crippen molar-refractivity contribution < 1.29 is 13.2 Å². The van der Waals surface area contributed by atoms with Crippen molar-refractivity contribution in [2.24, 2.45) is 0 Å². The molecule has 0 saturated carbocycles. The van der Waals surface area contributed by atoms with E-state index in [1.54, 1.807) is 12.1 Å². The van der Waals surface area contributed by atoms with E-state index in [2.05, 4.69) is 4.72 Å². The maximum atomic E-state index is 12.2. The molecule has 0 bridgehead atoms. The Balaban J connectivity index is 2.36. The molecule has 0 spiro atoms. The minimum Gasteiger partial charge on any atom is -0.294 e. The Bertz CT molecular complexity index is 804. The summed E-state index contributed by atoms with van der Waals surface area (Å²) >= 11 is 11.8. The van der Waals surface area contributed by atoms with Gasteiger partial charge in [0.15, 0.2) is 5.78 Å². The first-order valence-electron chi connectivity index (χ1n) is 5.89. The van der Waals surface area contributed by atoms with Crippen molar-refractivity contribution >= 4 is 44.7 Å². The Hall–Kier alpha value is -1.56. The number of ketones is 1. The molecule has 0 aliphatic rings. The molecule has 1 N–H and O–H groups in total. The highest BCUT2D eigenvalue weighted by molar-refractivity contribution is 7.92. The first-order chi connectivity index (χ1) is 9.81. The van der Waals surface area contributed by atoms with Crippen LogP contribution >= 0.6 is 23.2 Å². The molecule has 0 fully saturated rings. The van der Waals surface area contributed by atoms with Crippen LogP contribution in [0.3, 0.4) is 0 Å². The van der Waals surface area contributed by atoms with Crippen molar-refractivity contribution in [2.75, 3.05) is 4.72 Å². The van der Waals surface area contributed by atoms with Crippen LogP contribution in [0.1, 0.15) is 17.3 Å². The number of carbonyl (C=O) groups excluding carboxylic acids is 1. The Kier molecular flexibility index (Phi) is 4.56. The second kappa shape index (κ2) is 6.05. The van der Waals surface area contributed by atoms with Gasteiger partial charge in [0.05, 0.1) is 15.7 Å². The average molecular weight is 344 g/mol. The summed E-state index contributed by atoms with van der Waals surface area (Å²) in [5, 5.41) is 0.304. The minimum absolute atomic E-state index is 0.0292. The van der Waals surface area contributed by atoms with Crippen LogP contribution in [0.2, 0.25) is 10.0 Å². The fourth-order valence-electron chi connectivity index (χ4n) is 1.74. The molecular weight excluding hydrogens is 333 g/mol. The number of benzene rings is 2. The predicted molar refractivity (Wildman–Crippen MR) is 83.7 cm³/mol. The smallest absolute Gasteiger partial charge is 0.263 e. The lowest BCUT2D eigenvalue weighted by molar-refractivity contribution is 0.101. The van der Waals surface area contributed by atoms with Gasteiger partial charge in [0.2, 0.25) is 0 Å². The number of hydrogen-bond donors (Lipinski definition) is 1. The molecule has 0 aliphatic heterocycles. The van der Waals surface area contributed by atoms with E-state index in [4.69, 9.17) is 23.2 Å². The van der Waals surface area contributed by atoms with Crippen LogP contribution in [0.5, 0.6) is 0 Å². The van der Waals surface area contributed by atoms with Crippen molar-refractivity contribution in [2.45, 2.75) is 11.8 Å². The van der Waals surface area contributed by atoms with E-state index >= 15 is 0 Å². The maximum absolute atomic E-state index is 12.2. The number of anilines is 1. The molecule has 0 amide bonds. The predicted octanol–water partition coefficient (Wildman–Crippen LogP) is 4.00. The van der Waals surface area contributed by atoms with Crippen LogP contribution in [0.25, 0.3) is 0 Å². The fraction of sp³-hybridized carbons (Fsp3) is 0.0714. The van der Waals surface area contributed by atoms with Gasteiger partial charge in [0.25, 0.3) is 10.0 Å². The van der Waals surface area contributed by atoms with Crippen LogP contribution in [0.4, 0.5) is 5.69 Å². The van der Waals surface area contributed by atoms with E-state index < -0.39 is 10.0 Å². The molecule has 0 saturated heterocycles. The lowest BCUT2D eigenvalue weighted by Crippen LogP contribution is -2.13. The topological polar surface area (TPSA) is 63.2 Å². The summed E-state index contributed by atoms with van der Waals surface area (Å²) in [7, 11) is -3.82. The van der Waals surface area contributed by atoms with Gasteiger partial charge in [0, 0.05) is 5.56 Å². The van der Waals surface area contributed by atoms with Gasteiger partial charge < -0.3 is 0 Å². The van der Waals surface area contributed by atoms with Gasteiger partial charge in [0.1, 0.15) is 4.90 Å². The Morgan fingerprint density at radius 3 is 2.29 bits per heavy atom. The number of sulfonamides is 1. The van der Waals surface area contributed by atoms with Crippen LogP contribution in [-0.2, 0) is 10.0 Å². The molecule has 0 aromatic heterocycles. The number of rotatable bonds is 4. The Labute approximate surface area is 132 Å². The van der Waals surface area contributed by atoms with Gasteiger partial charge >= 0.3 is 0 Å². The van der Waals surface area contributed by atoms with Crippen molar-refractivity contribution in [1.82, 2.24) is 0 Å². The molecule has 2 aromatic carbocycles. The third-order valence-electron chi connectivity index (χ3n) is 2.73. The molecule has 2 rings (SSSR count). The Morgan fingerprint density at radius 1 is 1.05 bits per heavy atom. The number of carbonyl (C=O) groups is 1. The molecule has 0 atom stereocenters. The maximum Gasteiger partial charge on any atom is 0.263 e. The third kappa shape index (κ3) is 3.56. The van der Waals surface area contributed by atoms with E-state index in [0.717, 1.165) is 0 Å². The minimum atomic E-state index is -3.82. The summed E-state index contributed by atoms with van der Waals surface area (Å²) in [6.45, 7) is 1.38. The van der Waals surface area contributed by atoms with Gasteiger partial charge in [-0.25, -0.2) is 8.42 Å². The van der Waals surface area contributed by atoms with Crippen molar-refractivity contribution in [3.05, 3.63) is 58.1 Å². The summed E-state index contributed by atoms with van der Waals surface area (Å²) in [6, 6.07) is 10.4. The summed E-state index contributed by atoms with van der Waals surface area (Å²) in [6.07, 6.45) is 0. The van der Waals surface area contributed by atoms with Gasteiger partial charge in [-0.1, -0.05) is 35.3 Å². The van der Waals surface area contributed by atoms with Crippen LogP contribution in [-0.4, -0.2) is 14.2 Å². The average Bonchev–Trinajstić information content (AvgIpc) is 2.38. The molecule has 0 heterocycles. The summed E-state index contributed by atoms with van der Waals surface area (Å²) < 4.78 is 26.9. The SMILES string of the molecule is CC(=O)c1ccc(NS(=O)(=O)c2ccccc2Cl)cc1Cl. The summed E-state index contributed by atoms with van der Waals surface area (Å²) in [5.74, 6) is -0.194. The fourth-order valence-corrected chi connectivity index (χ4v) is 3.62. The third-order valence-corrected chi connectivity index (χ3v) is 4.92. The van der Waals surface area contributed by atoms with Gasteiger partial charge in [-0.2, -0.15) is 0 Å². The first kappa shape index (κ1) is 15.8. The van der Waals surface area contributed by atoms with Gasteiger partial charge in [-0.05, 0) is 37.3 Å². The molecule has 0 unspecified atom stereocenters. The normalized spacial score (nSPS) is 11.2. The largest absolute Gasteiger partial charge is 0.294 e. The van der Waals surface area contributed by atoms with Crippen molar-refractivity contribution in [3.8, 4) is 0 Å². The van der Waals surface area contributed by atoms with Gasteiger partial charge in [-0.15, -0.1) is 0 Å². The molecule has 7 heteroatoms. The molecule has 21 heavy (non-hydrogen) atoms. The molecular formula is C14H11Cl2NO3S.